The molecule has 0 aromatic heterocycles. The smallest absolute Gasteiger partial charge is 0.251 e. The molecule has 2 aromatic carbocycles. The molecule has 0 unspecified atom stereocenters. The zero-order valence-corrected chi connectivity index (χ0v) is 16.3. The standard InChI is InChI=1S/C22H25FN2O4/c1-29-19-12-6-16(7-13-19)15-20(17-8-10-18(23)11-9-17)22(27)24-14-4-2-3-5-21(26)25-28/h6-13,15,28H,2-5,14H2,1H3,(H,24,27)(H,25,26)/b20-15+. The van der Waals surface area contributed by atoms with Gasteiger partial charge >= 0.3 is 0 Å². The fourth-order valence-electron chi connectivity index (χ4n) is 2.72. The SMILES string of the molecule is COc1ccc(/C=C(/C(=O)NCCCCCC(=O)NO)c2ccc(F)cc2)cc1. The van der Waals surface area contributed by atoms with E-state index < -0.39 is 5.91 Å². The summed E-state index contributed by atoms with van der Waals surface area (Å²) in [6.07, 6.45) is 4.04. The van der Waals surface area contributed by atoms with Crippen molar-refractivity contribution in [2.24, 2.45) is 0 Å². The fourth-order valence-corrected chi connectivity index (χ4v) is 2.72. The Balaban J connectivity index is 2.04. The zero-order valence-electron chi connectivity index (χ0n) is 16.3. The Morgan fingerprint density at radius 3 is 2.34 bits per heavy atom. The number of rotatable bonds is 10. The predicted octanol–water partition coefficient (Wildman–Crippen LogP) is 3.56. The minimum Gasteiger partial charge on any atom is -0.497 e. The predicted molar refractivity (Wildman–Crippen MR) is 109 cm³/mol. The summed E-state index contributed by atoms with van der Waals surface area (Å²) in [6.45, 7) is 0.445. The Morgan fingerprint density at radius 1 is 1.03 bits per heavy atom. The molecule has 0 aliphatic heterocycles. The van der Waals surface area contributed by atoms with E-state index in [-0.39, 0.29) is 18.1 Å². The van der Waals surface area contributed by atoms with Crippen molar-refractivity contribution in [2.45, 2.75) is 25.7 Å². The van der Waals surface area contributed by atoms with Gasteiger partial charge in [-0.3, -0.25) is 14.8 Å². The average molecular weight is 400 g/mol. The maximum atomic E-state index is 13.3. The molecule has 2 aromatic rings. The Hall–Kier alpha value is -3.19. The maximum Gasteiger partial charge on any atom is 0.251 e. The quantitative estimate of drug-likeness (QED) is 0.187. The molecule has 0 fully saturated rings. The van der Waals surface area contributed by atoms with Gasteiger partial charge in [-0.05, 0) is 54.3 Å². The molecule has 7 heteroatoms. The summed E-state index contributed by atoms with van der Waals surface area (Å²) in [7, 11) is 1.58. The monoisotopic (exact) mass is 400 g/mol. The first kappa shape index (κ1) is 22.1. The number of hydroxylamine groups is 1. The molecule has 6 nitrogen and oxygen atoms in total. The fraction of sp³-hybridized carbons (Fsp3) is 0.273. The van der Waals surface area contributed by atoms with E-state index in [4.69, 9.17) is 9.94 Å². The summed E-state index contributed by atoms with van der Waals surface area (Å²) >= 11 is 0. The van der Waals surface area contributed by atoms with Crippen molar-refractivity contribution in [3.63, 3.8) is 0 Å². The van der Waals surface area contributed by atoms with E-state index >= 15 is 0 Å². The number of carbonyl (C=O) groups excluding carboxylic acids is 2. The molecule has 2 rings (SSSR count). The van der Waals surface area contributed by atoms with Crippen LogP contribution in [0, 0.1) is 5.82 Å². The molecule has 154 valence electrons. The largest absolute Gasteiger partial charge is 0.497 e. The minimum absolute atomic E-state index is 0.239. The van der Waals surface area contributed by atoms with E-state index in [9.17, 15) is 14.0 Å². The average Bonchev–Trinajstić information content (AvgIpc) is 2.75. The normalized spacial score (nSPS) is 11.1. The zero-order chi connectivity index (χ0) is 21.1. The van der Waals surface area contributed by atoms with Crippen LogP contribution in [0.2, 0.25) is 0 Å². The van der Waals surface area contributed by atoms with Crippen LogP contribution in [-0.4, -0.2) is 30.7 Å². The third-order valence-corrected chi connectivity index (χ3v) is 4.32. The first-order valence-corrected chi connectivity index (χ1v) is 9.36. The van der Waals surface area contributed by atoms with Gasteiger partial charge in [0.05, 0.1) is 7.11 Å². The molecule has 29 heavy (non-hydrogen) atoms. The van der Waals surface area contributed by atoms with Crippen molar-refractivity contribution in [3.05, 3.63) is 65.5 Å². The van der Waals surface area contributed by atoms with Gasteiger partial charge in [-0.1, -0.05) is 30.7 Å². The van der Waals surface area contributed by atoms with Crippen molar-refractivity contribution < 1.29 is 23.9 Å². The van der Waals surface area contributed by atoms with Crippen LogP contribution < -0.4 is 15.5 Å². The van der Waals surface area contributed by atoms with Crippen molar-refractivity contribution in [1.29, 1.82) is 0 Å². The summed E-state index contributed by atoms with van der Waals surface area (Å²) in [4.78, 5) is 23.7. The van der Waals surface area contributed by atoms with Gasteiger partial charge in [-0.15, -0.1) is 0 Å². The third-order valence-electron chi connectivity index (χ3n) is 4.32. The summed E-state index contributed by atoms with van der Waals surface area (Å²) < 4.78 is 18.4. The first-order chi connectivity index (χ1) is 14.0. The highest BCUT2D eigenvalue weighted by Gasteiger charge is 2.12. The van der Waals surface area contributed by atoms with Gasteiger partial charge in [0, 0.05) is 18.5 Å². The summed E-state index contributed by atoms with van der Waals surface area (Å²) in [5, 5.41) is 11.3. The number of amides is 2. The van der Waals surface area contributed by atoms with Crippen LogP contribution in [0.15, 0.2) is 48.5 Å². The lowest BCUT2D eigenvalue weighted by atomic mass is 10.0. The van der Waals surface area contributed by atoms with E-state index in [0.717, 1.165) is 12.0 Å². The number of unbranched alkanes of at least 4 members (excludes halogenated alkanes) is 2. The number of methoxy groups -OCH3 is 1. The number of nitrogens with one attached hydrogen (secondary N) is 2. The second-order valence-electron chi connectivity index (χ2n) is 6.44. The van der Waals surface area contributed by atoms with Crippen molar-refractivity contribution >= 4 is 23.5 Å². The maximum absolute atomic E-state index is 13.3. The highest BCUT2D eigenvalue weighted by Crippen LogP contribution is 2.21. The Kier molecular flexibility index (Phi) is 8.85. The lowest BCUT2D eigenvalue weighted by Gasteiger charge is -2.10. The molecule has 0 atom stereocenters. The first-order valence-electron chi connectivity index (χ1n) is 9.36. The molecule has 3 N–H and O–H groups in total. The Bertz CT molecular complexity index is 833. The lowest BCUT2D eigenvalue weighted by Crippen LogP contribution is -2.25. The van der Waals surface area contributed by atoms with Crippen LogP contribution in [0.5, 0.6) is 5.75 Å². The second kappa shape index (κ2) is 11.6. The van der Waals surface area contributed by atoms with Crippen LogP contribution >= 0.6 is 0 Å². The number of hydrogen-bond donors (Lipinski definition) is 3. The Labute approximate surface area is 169 Å². The van der Waals surface area contributed by atoms with E-state index in [1.807, 2.05) is 12.1 Å². The lowest BCUT2D eigenvalue weighted by molar-refractivity contribution is -0.129. The molecule has 0 spiro atoms. The molecule has 2 amide bonds. The van der Waals surface area contributed by atoms with Crippen molar-refractivity contribution in [2.75, 3.05) is 13.7 Å². The van der Waals surface area contributed by atoms with E-state index in [1.165, 1.54) is 12.1 Å². The number of carbonyl (C=O) groups is 2. The van der Waals surface area contributed by atoms with Gasteiger partial charge in [-0.2, -0.15) is 0 Å². The van der Waals surface area contributed by atoms with Crippen LogP contribution in [0.25, 0.3) is 11.6 Å². The van der Waals surface area contributed by atoms with E-state index in [0.29, 0.717) is 36.3 Å². The topological polar surface area (TPSA) is 87.7 Å². The highest BCUT2D eigenvalue weighted by molar-refractivity contribution is 6.24. The van der Waals surface area contributed by atoms with Gasteiger partial charge in [-0.25, -0.2) is 9.87 Å². The van der Waals surface area contributed by atoms with Gasteiger partial charge in [0.2, 0.25) is 5.91 Å². The molecule has 0 heterocycles. The molecule has 0 aliphatic carbocycles. The van der Waals surface area contributed by atoms with E-state index in [1.54, 1.807) is 42.9 Å². The van der Waals surface area contributed by atoms with Gasteiger partial charge in [0.1, 0.15) is 11.6 Å². The summed E-state index contributed by atoms with van der Waals surface area (Å²) in [5.41, 5.74) is 3.44. The molecule has 0 aliphatic rings. The van der Waals surface area contributed by atoms with Crippen LogP contribution in [-0.2, 0) is 9.59 Å². The molecule has 0 radical (unpaired) electrons. The molecule has 0 saturated heterocycles. The van der Waals surface area contributed by atoms with Crippen molar-refractivity contribution in [1.82, 2.24) is 10.8 Å². The van der Waals surface area contributed by atoms with Crippen molar-refractivity contribution in [3.8, 4) is 5.75 Å². The summed E-state index contributed by atoms with van der Waals surface area (Å²) in [6, 6.07) is 13.0. The molecular weight excluding hydrogens is 375 g/mol. The van der Waals surface area contributed by atoms with Crippen LogP contribution in [0.4, 0.5) is 4.39 Å². The minimum atomic E-state index is -0.421. The number of benzene rings is 2. The Morgan fingerprint density at radius 2 is 1.72 bits per heavy atom. The highest BCUT2D eigenvalue weighted by atomic mass is 19.1. The number of ether oxygens (including phenoxy) is 1. The van der Waals surface area contributed by atoms with Gasteiger partial charge < -0.3 is 10.1 Å². The number of halogens is 1. The van der Waals surface area contributed by atoms with Crippen LogP contribution in [0.1, 0.15) is 36.8 Å². The second-order valence-corrected chi connectivity index (χ2v) is 6.44. The van der Waals surface area contributed by atoms with Crippen LogP contribution in [0.3, 0.4) is 0 Å². The van der Waals surface area contributed by atoms with E-state index in [2.05, 4.69) is 5.32 Å². The molecule has 0 bridgehead atoms. The number of hydrogen-bond acceptors (Lipinski definition) is 4. The molecule has 0 saturated carbocycles. The van der Waals surface area contributed by atoms with Gasteiger partial charge in [0.25, 0.3) is 5.91 Å². The summed E-state index contributed by atoms with van der Waals surface area (Å²) in [5.74, 6) is -0.342. The third kappa shape index (κ3) is 7.38. The molecular formula is C22H25FN2O4. The van der Waals surface area contributed by atoms with Gasteiger partial charge in [0.15, 0.2) is 0 Å².